The Morgan fingerprint density at radius 3 is 2.35 bits per heavy atom. The molecule has 2 aromatic carbocycles. The van der Waals surface area contributed by atoms with Crippen LogP contribution in [0.15, 0.2) is 60.7 Å². The lowest BCUT2D eigenvalue weighted by Crippen LogP contribution is -2.34. The van der Waals surface area contributed by atoms with Crippen LogP contribution in [0.3, 0.4) is 0 Å². The van der Waals surface area contributed by atoms with Crippen LogP contribution < -0.4 is 16.0 Å². The fraction of sp³-hybridized carbons (Fsp3) is 0.174. The average molecular weight is 437 g/mol. The van der Waals surface area contributed by atoms with Gasteiger partial charge in [0.1, 0.15) is 0 Å². The van der Waals surface area contributed by atoms with Crippen molar-refractivity contribution in [3.63, 3.8) is 0 Å². The van der Waals surface area contributed by atoms with E-state index >= 15 is 0 Å². The second-order valence-electron chi connectivity index (χ2n) is 7.07. The van der Waals surface area contributed by atoms with Gasteiger partial charge in [0.2, 0.25) is 5.91 Å². The summed E-state index contributed by atoms with van der Waals surface area (Å²) in [5.74, 6) is -0.570. The van der Waals surface area contributed by atoms with Gasteiger partial charge >= 0.3 is 6.03 Å². The van der Waals surface area contributed by atoms with E-state index < -0.39 is 6.03 Å². The van der Waals surface area contributed by atoms with Crippen molar-refractivity contribution >= 4 is 45.6 Å². The molecule has 3 N–H and O–H groups in total. The number of carbonyl (C=O) groups excluding carboxylic acids is 3. The predicted octanol–water partition coefficient (Wildman–Crippen LogP) is 4.72. The molecule has 0 spiro atoms. The van der Waals surface area contributed by atoms with E-state index in [4.69, 9.17) is 0 Å². The van der Waals surface area contributed by atoms with Crippen LogP contribution in [0.5, 0.6) is 0 Å². The van der Waals surface area contributed by atoms with Gasteiger partial charge in [-0.25, -0.2) is 4.79 Å². The van der Waals surface area contributed by atoms with E-state index in [1.54, 1.807) is 31.3 Å². The minimum Gasteiger partial charge on any atom is -0.332 e. The van der Waals surface area contributed by atoms with E-state index in [9.17, 15) is 14.4 Å². The number of para-hydroxylation sites is 1. The lowest BCUT2D eigenvalue weighted by molar-refractivity contribution is -0.116. The molecule has 0 bridgehead atoms. The van der Waals surface area contributed by atoms with Crippen LogP contribution in [0.4, 0.5) is 21.2 Å². The molecule has 0 aliphatic carbocycles. The third-order valence-electron chi connectivity index (χ3n) is 4.69. The minimum atomic E-state index is -0.395. The lowest BCUT2D eigenvalue weighted by Gasteiger charge is -2.17. The maximum absolute atomic E-state index is 12.7. The van der Waals surface area contributed by atoms with Crippen molar-refractivity contribution in [3.8, 4) is 0 Å². The molecule has 0 radical (unpaired) electrons. The Morgan fingerprint density at radius 2 is 1.61 bits per heavy atom. The van der Waals surface area contributed by atoms with E-state index in [2.05, 4.69) is 16.0 Å². The van der Waals surface area contributed by atoms with Crippen molar-refractivity contribution in [1.29, 1.82) is 0 Å². The smallest absolute Gasteiger partial charge is 0.324 e. The number of thiophene rings is 1. The Labute approximate surface area is 185 Å². The number of hydrogen-bond acceptors (Lipinski definition) is 4. The highest BCUT2D eigenvalue weighted by Gasteiger charge is 2.18. The van der Waals surface area contributed by atoms with Crippen molar-refractivity contribution in [2.24, 2.45) is 0 Å². The van der Waals surface area contributed by atoms with Gasteiger partial charge in [-0.3, -0.25) is 14.9 Å². The SMILES string of the molecule is Cc1cccc(NC(=O)CN(C)C(=O)c2ccc(NC(=O)Nc3ccccc3)s2)c1C. The third kappa shape index (κ3) is 5.93. The topological polar surface area (TPSA) is 90.5 Å². The molecule has 8 heteroatoms. The highest BCUT2D eigenvalue weighted by Crippen LogP contribution is 2.23. The Balaban J connectivity index is 1.55. The number of urea groups is 1. The molecule has 3 rings (SSSR count). The zero-order valence-corrected chi connectivity index (χ0v) is 18.4. The highest BCUT2D eigenvalue weighted by atomic mass is 32.1. The molecular formula is C23H24N4O3S. The molecule has 160 valence electrons. The average Bonchev–Trinajstić information content (AvgIpc) is 3.19. The van der Waals surface area contributed by atoms with Gasteiger partial charge in [-0.1, -0.05) is 30.3 Å². The van der Waals surface area contributed by atoms with Crippen molar-refractivity contribution in [1.82, 2.24) is 4.90 Å². The van der Waals surface area contributed by atoms with E-state index in [0.717, 1.165) is 28.2 Å². The Bertz CT molecular complexity index is 1100. The Hall–Kier alpha value is -3.65. The van der Waals surface area contributed by atoms with Crippen LogP contribution in [-0.2, 0) is 4.79 Å². The zero-order valence-electron chi connectivity index (χ0n) is 17.6. The number of rotatable bonds is 6. The van der Waals surface area contributed by atoms with Gasteiger partial charge in [0, 0.05) is 18.4 Å². The molecule has 1 aromatic heterocycles. The minimum absolute atomic E-state index is 0.0820. The van der Waals surface area contributed by atoms with Crippen molar-refractivity contribution in [2.75, 3.05) is 29.5 Å². The van der Waals surface area contributed by atoms with Gasteiger partial charge in [-0.05, 0) is 55.3 Å². The number of nitrogens with zero attached hydrogens (tertiary/aromatic N) is 1. The summed E-state index contributed by atoms with van der Waals surface area (Å²) in [4.78, 5) is 38.9. The van der Waals surface area contributed by atoms with E-state index in [1.165, 1.54) is 4.90 Å². The number of amides is 4. The fourth-order valence-electron chi connectivity index (χ4n) is 2.87. The van der Waals surface area contributed by atoms with Crippen LogP contribution in [0.25, 0.3) is 0 Å². The van der Waals surface area contributed by atoms with E-state index in [1.807, 2.05) is 50.2 Å². The zero-order chi connectivity index (χ0) is 22.4. The van der Waals surface area contributed by atoms with Gasteiger partial charge in [0.05, 0.1) is 16.4 Å². The second kappa shape index (κ2) is 9.90. The first-order valence-electron chi connectivity index (χ1n) is 9.68. The van der Waals surface area contributed by atoms with E-state index in [-0.39, 0.29) is 18.4 Å². The van der Waals surface area contributed by atoms with Crippen molar-refractivity contribution < 1.29 is 14.4 Å². The Morgan fingerprint density at radius 1 is 0.871 bits per heavy atom. The van der Waals surface area contributed by atoms with Gasteiger partial charge in [0.25, 0.3) is 5.91 Å². The van der Waals surface area contributed by atoms with Gasteiger partial charge in [-0.2, -0.15) is 0 Å². The first-order valence-corrected chi connectivity index (χ1v) is 10.5. The second-order valence-corrected chi connectivity index (χ2v) is 8.15. The Kier molecular flexibility index (Phi) is 7.04. The molecule has 0 atom stereocenters. The molecule has 0 fully saturated rings. The monoisotopic (exact) mass is 436 g/mol. The number of nitrogens with one attached hydrogen (secondary N) is 3. The number of hydrogen-bond donors (Lipinski definition) is 3. The quantitative estimate of drug-likeness (QED) is 0.522. The summed E-state index contributed by atoms with van der Waals surface area (Å²) in [6.45, 7) is 3.83. The maximum atomic E-state index is 12.7. The van der Waals surface area contributed by atoms with Gasteiger partial charge in [0.15, 0.2) is 0 Å². The first-order chi connectivity index (χ1) is 14.8. The summed E-state index contributed by atoms with van der Waals surface area (Å²) in [5, 5.41) is 8.81. The first kappa shape index (κ1) is 22.0. The third-order valence-corrected chi connectivity index (χ3v) is 5.68. The standard InChI is InChI=1S/C23H24N4O3S/c1-15-8-7-11-18(16(15)2)25-20(28)14-27(3)22(29)19-12-13-21(31-19)26-23(30)24-17-9-5-4-6-10-17/h4-13H,14H2,1-3H3,(H,25,28)(H2,24,26,30). The van der Waals surface area contributed by atoms with Gasteiger partial charge < -0.3 is 15.5 Å². The summed E-state index contributed by atoms with van der Waals surface area (Å²) in [6.07, 6.45) is 0. The molecule has 0 saturated heterocycles. The van der Waals surface area contributed by atoms with Crippen LogP contribution in [-0.4, -0.2) is 36.3 Å². The van der Waals surface area contributed by atoms with Gasteiger partial charge in [-0.15, -0.1) is 11.3 Å². The fourth-order valence-corrected chi connectivity index (χ4v) is 3.76. The summed E-state index contributed by atoms with van der Waals surface area (Å²) in [5.41, 5.74) is 3.48. The summed E-state index contributed by atoms with van der Waals surface area (Å²) < 4.78 is 0. The molecular weight excluding hydrogens is 412 g/mol. The molecule has 1 heterocycles. The maximum Gasteiger partial charge on any atom is 0.324 e. The van der Waals surface area contributed by atoms with Crippen LogP contribution in [0.1, 0.15) is 20.8 Å². The molecule has 4 amide bonds. The highest BCUT2D eigenvalue weighted by molar-refractivity contribution is 7.18. The van der Waals surface area contributed by atoms with Crippen molar-refractivity contribution in [3.05, 3.63) is 76.7 Å². The number of aryl methyl sites for hydroxylation is 1. The largest absolute Gasteiger partial charge is 0.332 e. The lowest BCUT2D eigenvalue weighted by atomic mass is 10.1. The van der Waals surface area contributed by atoms with E-state index in [0.29, 0.717) is 15.6 Å². The molecule has 7 nitrogen and oxygen atoms in total. The summed E-state index contributed by atoms with van der Waals surface area (Å²) in [6, 6.07) is 17.6. The normalized spacial score (nSPS) is 10.3. The van der Waals surface area contributed by atoms with Crippen LogP contribution in [0, 0.1) is 13.8 Å². The summed E-state index contributed by atoms with van der Waals surface area (Å²) >= 11 is 1.15. The number of likely N-dealkylation sites (N-methyl/N-ethyl adjacent to an activating group) is 1. The molecule has 0 aliphatic heterocycles. The number of anilines is 3. The number of carbonyl (C=O) groups is 3. The molecule has 0 unspecified atom stereocenters. The van der Waals surface area contributed by atoms with Crippen molar-refractivity contribution in [2.45, 2.75) is 13.8 Å². The molecule has 0 saturated carbocycles. The molecule has 3 aromatic rings. The van der Waals surface area contributed by atoms with Crippen LogP contribution in [0.2, 0.25) is 0 Å². The molecule has 0 aliphatic rings. The predicted molar refractivity (Wildman–Crippen MR) is 125 cm³/mol. The summed E-state index contributed by atoms with van der Waals surface area (Å²) in [7, 11) is 1.57. The van der Waals surface area contributed by atoms with Crippen LogP contribution >= 0.6 is 11.3 Å². The molecule has 31 heavy (non-hydrogen) atoms. The number of benzene rings is 2.